The predicted octanol–water partition coefficient (Wildman–Crippen LogP) is 1.79. The van der Waals surface area contributed by atoms with E-state index in [1.807, 2.05) is 13.8 Å². The zero-order valence-electron chi connectivity index (χ0n) is 17.6. The van der Waals surface area contributed by atoms with Gasteiger partial charge in [0.2, 0.25) is 0 Å². The van der Waals surface area contributed by atoms with Gasteiger partial charge in [0.1, 0.15) is 24.3 Å². The van der Waals surface area contributed by atoms with Crippen LogP contribution in [0.3, 0.4) is 0 Å². The highest BCUT2D eigenvalue weighted by atomic mass is 16.5. The molecule has 9 nitrogen and oxygen atoms in total. The lowest BCUT2D eigenvalue weighted by Crippen LogP contribution is -2.44. The molecular formula is C21H26N4O5. The van der Waals surface area contributed by atoms with Crippen LogP contribution >= 0.6 is 0 Å². The number of aromatic nitrogens is 2. The maximum Gasteiger partial charge on any atom is 0.326 e. The molecule has 1 fully saturated rings. The summed E-state index contributed by atoms with van der Waals surface area (Å²) in [6.07, 6.45) is 1.26. The lowest BCUT2D eigenvalue weighted by molar-refractivity contribution is -0.148. The fraction of sp³-hybridized carbons (Fsp3) is 0.476. The van der Waals surface area contributed by atoms with E-state index in [-0.39, 0.29) is 17.9 Å². The normalized spacial score (nSPS) is 18.9. The van der Waals surface area contributed by atoms with Crippen molar-refractivity contribution >= 4 is 23.6 Å². The first-order valence-corrected chi connectivity index (χ1v) is 9.89. The lowest BCUT2D eigenvalue weighted by Gasteiger charge is -2.22. The second-order valence-corrected chi connectivity index (χ2v) is 8.19. The summed E-state index contributed by atoms with van der Waals surface area (Å²) in [5, 5.41) is 2.67. The summed E-state index contributed by atoms with van der Waals surface area (Å²) < 4.78 is 6.62. The van der Waals surface area contributed by atoms with Gasteiger partial charge in [-0.3, -0.25) is 23.7 Å². The van der Waals surface area contributed by atoms with Crippen molar-refractivity contribution in [3.8, 4) is 0 Å². The zero-order chi connectivity index (χ0) is 22.1. The summed E-state index contributed by atoms with van der Waals surface area (Å²) in [5.74, 6) is -0.812. The third-order valence-electron chi connectivity index (χ3n) is 5.17. The van der Waals surface area contributed by atoms with Crippen LogP contribution in [-0.4, -0.2) is 44.3 Å². The molecule has 1 N–H and O–H groups in total. The number of imide groups is 1. The average molecular weight is 414 g/mol. The number of pyridine rings is 1. The summed E-state index contributed by atoms with van der Waals surface area (Å²) in [5.41, 5.74) is 0.182. The molecule has 1 saturated heterocycles. The Bertz CT molecular complexity index is 1060. The van der Waals surface area contributed by atoms with E-state index in [2.05, 4.69) is 10.3 Å². The van der Waals surface area contributed by atoms with E-state index in [4.69, 9.17) is 4.74 Å². The van der Waals surface area contributed by atoms with Crippen LogP contribution in [0.25, 0.3) is 5.65 Å². The Balaban J connectivity index is 1.64. The van der Waals surface area contributed by atoms with Crippen molar-refractivity contribution in [1.82, 2.24) is 19.6 Å². The van der Waals surface area contributed by atoms with Crippen molar-refractivity contribution < 1.29 is 19.1 Å². The molecule has 1 aliphatic heterocycles. The van der Waals surface area contributed by atoms with Gasteiger partial charge in [-0.25, -0.2) is 9.78 Å². The van der Waals surface area contributed by atoms with E-state index in [0.717, 1.165) is 17.0 Å². The molecule has 0 radical (unpaired) electrons. The Morgan fingerprint density at radius 3 is 2.70 bits per heavy atom. The molecule has 3 rings (SSSR count). The van der Waals surface area contributed by atoms with Crippen LogP contribution in [-0.2, 0) is 20.9 Å². The zero-order valence-corrected chi connectivity index (χ0v) is 17.6. The van der Waals surface area contributed by atoms with Gasteiger partial charge in [0.25, 0.3) is 11.5 Å². The van der Waals surface area contributed by atoms with Gasteiger partial charge in [0, 0.05) is 11.8 Å². The van der Waals surface area contributed by atoms with Crippen LogP contribution in [0.15, 0.2) is 29.1 Å². The number of hydrogen-bond acceptors (Lipinski definition) is 6. The highest BCUT2D eigenvalue weighted by Gasteiger charge is 2.48. The van der Waals surface area contributed by atoms with E-state index in [0.29, 0.717) is 18.0 Å². The Labute approximate surface area is 174 Å². The first-order chi connectivity index (χ1) is 14.1. The molecule has 1 atom stereocenters. The van der Waals surface area contributed by atoms with Crippen LogP contribution in [0.2, 0.25) is 0 Å². The topological polar surface area (TPSA) is 110 Å². The second kappa shape index (κ2) is 8.25. The third kappa shape index (κ3) is 4.34. The van der Waals surface area contributed by atoms with E-state index in [1.54, 1.807) is 32.0 Å². The molecule has 3 heterocycles. The van der Waals surface area contributed by atoms with Crippen LogP contribution in [0.5, 0.6) is 0 Å². The van der Waals surface area contributed by atoms with Gasteiger partial charge < -0.3 is 10.1 Å². The summed E-state index contributed by atoms with van der Waals surface area (Å²) in [4.78, 5) is 54.6. The van der Waals surface area contributed by atoms with Gasteiger partial charge in [0.05, 0.1) is 5.69 Å². The number of nitrogens with one attached hydrogen (secondary N) is 1. The van der Waals surface area contributed by atoms with E-state index >= 15 is 0 Å². The fourth-order valence-electron chi connectivity index (χ4n) is 3.40. The van der Waals surface area contributed by atoms with Crippen LogP contribution in [0.1, 0.15) is 45.0 Å². The summed E-state index contributed by atoms with van der Waals surface area (Å²) in [6.45, 7) is 6.81. The molecule has 0 saturated carbocycles. The number of carbonyl (C=O) groups excluding carboxylic acids is 3. The molecule has 2 aromatic heterocycles. The molecule has 0 unspecified atom stereocenters. The van der Waals surface area contributed by atoms with Gasteiger partial charge in [0.15, 0.2) is 0 Å². The number of fused-ring (bicyclic) bond motifs is 1. The van der Waals surface area contributed by atoms with Gasteiger partial charge in [-0.15, -0.1) is 0 Å². The number of carbonyl (C=O) groups is 3. The molecule has 160 valence electrons. The number of urea groups is 1. The highest BCUT2D eigenvalue weighted by Crippen LogP contribution is 2.24. The van der Waals surface area contributed by atoms with Crippen molar-refractivity contribution in [2.24, 2.45) is 5.92 Å². The lowest BCUT2D eigenvalue weighted by atomic mass is 9.92. The van der Waals surface area contributed by atoms with E-state index in [1.165, 1.54) is 10.5 Å². The minimum Gasteiger partial charge on any atom is -0.458 e. The number of nitrogens with zero attached hydrogens (tertiary/aromatic N) is 3. The molecular weight excluding hydrogens is 388 g/mol. The predicted molar refractivity (Wildman–Crippen MR) is 109 cm³/mol. The SMILES string of the molecule is Cc1cccc2nc(COC(=O)CN3C(=O)N[C@@](C)(CCC(C)C)C3=O)cc(=O)n12. The largest absolute Gasteiger partial charge is 0.458 e. The highest BCUT2D eigenvalue weighted by molar-refractivity contribution is 6.08. The quantitative estimate of drug-likeness (QED) is 0.546. The molecule has 0 spiro atoms. The van der Waals surface area contributed by atoms with Gasteiger partial charge in [-0.2, -0.15) is 0 Å². The number of aryl methyl sites for hydroxylation is 1. The summed E-state index contributed by atoms with van der Waals surface area (Å²) in [7, 11) is 0. The van der Waals surface area contributed by atoms with Crippen LogP contribution in [0, 0.1) is 12.8 Å². The van der Waals surface area contributed by atoms with Crippen molar-refractivity contribution in [3.05, 3.63) is 46.0 Å². The number of esters is 1. The van der Waals surface area contributed by atoms with Gasteiger partial charge in [-0.05, 0) is 44.7 Å². The molecule has 0 aliphatic carbocycles. The minimum absolute atomic E-state index is 0.229. The molecule has 2 aromatic rings. The smallest absolute Gasteiger partial charge is 0.326 e. The van der Waals surface area contributed by atoms with Crippen LogP contribution in [0.4, 0.5) is 4.79 Å². The van der Waals surface area contributed by atoms with Crippen molar-refractivity contribution in [2.45, 2.75) is 52.7 Å². The average Bonchev–Trinajstić information content (AvgIpc) is 2.88. The molecule has 0 bridgehead atoms. The Hall–Kier alpha value is -3.23. The number of rotatable bonds is 7. The Morgan fingerprint density at radius 1 is 1.27 bits per heavy atom. The van der Waals surface area contributed by atoms with Gasteiger partial charge in [-0.1, -0.05) is 19.9 Å². The molecule has 30 heavy (non-hydrogen) atoms. The van der Waals surface area contributed by atoms with E-state index in [9.17, 15) is 19.2 Å². The first kappa shape index (κ1) is 21.5. The third-order valence-corrected chi connectivity index (χ3v) is 5.17. The van der Waals surface area contributed by atoms with Crippen molar-refractivity contribution in [3.63, 3.8) is 0 Å². The minimum atomic E-state index is -1.02. The second-order valence-electron chi connectivity index (χ2n) is 8.19. The standard InChI is InChI=1S/C21H26N4O5/c1-13(2)8-9-21(4)19(28)24(20(29)23-21)11-18(27)30-12-15-10-17(26)25-14(3)6-5-7-16(25)22-15/h5-7,10,13H,8-9,11-12H2,1-4H3,(H,23,29)/t21-/m0/s1. The maximum absolute atomic E-state index is 12.7. The van der Waals surface area contributed by atoms with E-state index < -0.39 is 30.0 Å². The number of hydrogen-bond donors (Lipinski definition) is 1. The Kier molecular flexibility index (Phi) is 5.91. The molecule has 3 amide bonds. The Morgan fingerprint density at radius 2 is 2.00 bits per heavy atom. The fourth-order valence-corrected chi connectivity index (χ4v) is 3.40. The van der Waals surface area contributed by atoms with Gasteiger partial charge >= 0.3 is 12.0 Å². The van der Waals surface area contributed by atoms with Crippen molar-refractivity contribution in [1.29, 1.82) is 0 Å². The molecule has 1 aliphatic rings. The van der Waals surface area contributed by atoms with Crippen LogP contribution < -0.4 is 10.9 Å². The number of amides is 3. The maximum atomic E-state index is 12.7. The molecule has 0 aromatic carbocycles. The summed E-state index contributed by atoms with van der Waals surface area (Å²) >= 11 is 0. The number of ether oxygens (including phenoxy) is 1. The monoisotopic (exact) mass is 414 g/mol. The first-order valence-electron chi connectivity index (χ1n) is 9.89. The summed E-state index contributed by atoms with van der Waals surface area (Å²) in [6, 6.07) is 5.94. The van der Waals surface area contributed by atoms with Crippen molar-refractivity contribution in [2.75, 3.05) is 6.54 Å². The molecule has 9 heteroatoms.